The molecule has 28 heavy (non-hydrogen) atoms. The van der Waals surface area contributed by atoms with Crippen LogP contribution < -0.4 is 10.2 Å². The van der Waals surface area contributed by atoms with Crippen molar-refractivity contribution in [1.82, 2.24) is 24.2 Å². The highest BCUT2D eigenvalue weighted by atomic mass is 32.1. The molecule has 2 aromatic heterocycles. The standard InChI is InChI=1S/C20H22N6OS/c27-19(17-12-26(13-21-17)16-6-2-1-3-7-16)22-15-5-4-10-25(11-15)20-23-18(24-28-20)14-8-9-14/h1-3,6-7,12-15H,4-5,8-11H2,(H,22,27). The quantitative estimate of drug-likeness (QED) is 0.720. The van der Waals surface area contributed by atoms with Crippen molar-refractivity contribution in [3.05, 3.63) is 54.4 Å². The molecule has 0 bridgehead atoms. The lowest BCUT2D eigenvalue weighted by atomic mass is 10.1. The number of hydrogen-bond donors (Lipinski definition) is 1. The van der Waals surface area contributed by atoms with E-state index in [-0.39, 0.29) is 11.9 Å². The lowest BCUT2D eigenvalue weighted by molar-refractivity contribution is 0.0928. The number of benzene rings is 1. The minimum Gasteiger partial charge on any atom is -0.346 e. The number of imidazole rings is 1. The molecule has 1 amide bonds. The zero-order chi connectivity index (χ0) is 18.9. The maximum Gasteiger partial charge on any atom is 0.271 e. The first kappa shape index (κ1) is 17.4. The summed E-state index contributed by atoms with van der Waals surface area (Å²) < 4.78 is 6.37. The van der Waals surface area contributed by atoms with Gasteiger partial charge in [0.1, 0.15) is 17.8 Å². The summed E-state index contributed by atoms with van der Waals surface area (Å²) >= 11 is 1.48. The minimum absolute atomic E-state index is 0.0939. The number of anilines is 1. The molecule has 3 aromatic rings. The van der Waals surface area contributed by atoms with E-state index in [0.29, 0.717) is 11.6 Å². The Labute approximate surface area is 167 Å². The zero-order valence-corrected chi connectivity index (χ0v) is 16.3. The van der Waals surface area contributed by atoms with Crippen LogP contribution in [0.2, 0.25) is 0 Å². The topological polar surface area (TPSA) is 75.9 Å². The van der Waals surface area contributed by atoms with Crippen LogP contribution in [0, 0.1) is 0 Å². The summed E-state index contributed by atoms with van der Waals surface area (Å²) in [7, 11) is 0. The molecule has 0 spiro atoms. The molecule has 1 unspecified atom stereocenters. The van der Waals surface area contributed by atoms with Crippen LogP contribution in [0.4, 0.5) is 5.13 Å². The summed E-state index contributed by atoms with van der Waals surface area (Å²) in [5, 5.41) is 4.12. The molecular formula is C20H22N6OS. The molecule has 8 heteroatoms. The zero-order valence-electron chi connectivity index (χ0n) is 15.5. The number of nitrogens with one attached hydrogen (secondary N) is 1. The number of aromatic nitrogens is 4. The first-order valence-electron chi connectivity index (χ1n) is 9.75. The fourth-order valence-corrected chi connectivity index (χ4v) is 4.35. The van der Waals surface area contributed by atoms with Crippen LogP contribution in [0.3, 0.4) is 0 Å². The van der Waals surface area contributed by atoms with E-state index in [1.54, 1.807) is 12.5 Å². The minimum atomic E-state index is -0.127. The largest absolute Gasteiger partial charge is 0.346 e. The fourth-order valence-electron chi connectivity index (χ4n) is 3.57. The van der Waals surface area contributed by atoms with Gasteiger partial charge in [-0.25, -0.2) is 9.97 Å². The third kappa shape index (κ3) is 3.64. The van der Waals surface area contributed by atoms with E-state index in [2.05, 4.69) is 19.6 Å². The molecule has 0 radical (unpaired) electrons. The molecule has 144 valence electrons. The van der Waals surface area contributed by atoms with Gasteiger partial charge in [-0.05, 0) is 37.8 Å². The molecular weight excluding hydrogens is 372 g/mol. The predicted octanol–water partition coefficient (Wildman–Crippen LogP) is 3.00. The molecule has 2 fully saturated rings. The van der Waals surface area contributed by atoms with E-state index < -0.39 is 0 Å². The molecule has 1 N–H and O–H groups in total. The molecule has 1 aromatic carbocycles. The van der Waals surface area contributed by atoms with Crippen molar-refractivity contribution < 1.29 is 4.79 Å². The number of nitrogens with zero attached hydrogens (tertiary/aromatic N) is 5. The third-order valence-corrected chi connectivity index (χ3v) is 6.06. The van der Waals surface area contributed by atoms with Crippen LogP contribution >= 0.6 is 11.5 Å². The first-order valence-corrected chi connectivity index (χ1v) is 10.5. The van der Waals surface area contributed by atoms with Crippen molar-refractivity contribution in [2.45, 2.75) is 37.6 Å². The van der Waals surface area contributed by atoms with Gasteiger partial charge in [-0.15, -0.1) is 0 Å². The van der Waals surface area contributed by atoms with Crippen molar-refractivity contribution in [3.8, 4) is 5.69 Å². The Balaban J connectivity index is 1.23. The van der Waals surface area contributed by atoms with Gasteiger partial charge < -0.3 is 14.8 Å². The normalized spacial score (nSPS) is 19.6. The van der Waals surface area contributed by atoms with E-state index in [4.69, 9.17) is 4.98 Å². The van der Waals surface area contributed by atoms with E-state index in [1.807, 2.05) is 34.9 Å². The average molecular weight is 395 g/mol. The maximum atomic E-state index is 12.7. The highest BCUT2D eigenvalue weighted by Gasteiger charge is 2.30. The van der Waals surface area contributed by atoms with Gasteiger partial charge in [-0.2, -0.15) is 4.37 Å². The van der Waals surface area contributed by atoms with Crippen LogP contribution in [0.1, 0.15) is 47.9 Å². The van der Waals surface area contributed by atoms with Gasteiger partial charge >= 0.3 is 0 Å². The van der Waals surface area contributed by atoms with Gasteiger partial charge in [-0.3, -0.25) is 4.79 Å². The second-order valence-corrected chi connectivity index (χ2v) is 8.20. The lowest BCUT2D eigenvalue weighted by Crippen LogP contribution is -2.47. The van der Waals surface area contributed by atoms with E-state index in [1.165, 1.54) is 24.4 Å². The van der Waals surface area contributed by atoms with Gasteiger partial charge in [0.05, 0.1) is 0 Å². The molecule has 3 heterocycles. The van der Waals surface area contributed by atoms with Crippen LogP contribution in [0.15, 0.2) is 42.9 Å². The van der Waals surface area contributed by atoms with Gasteiger partial charge in [0.15, 0.2) is 0 Å². The summed E-state index contributed by atoms with van der Waals surface area (Å²) in [5.74, 6) is 1.44. The Bertz CT molecular complexity index is 964. The summed E-state index contributed by atoms with van der Waals surface area (Å²) in [4.78, 5) is 23.9. The van der Waals surface area contributed by atoms with Gasteiger partial charge in [0, 0.05) is 48.5 Å². The van der Waals surface area contributed by atoms with Crippen LogP contribution in [0.25, 0.3) is 5.69 Å². The number of para-hydroxylation sites is 1. The predicted molar refractivity (Wildman–Crippen MR) is 108 cm³/mol. The lowest BCUT2D eigenvalue weighted by Gasteiger charge is -2.32. The van der Waals surface area contributed by atoms with Crippen molar-refractivity contribution in [2.24, 2.45) is 0 Å². The molecule has 5 rings (SSSR count). The smallest absolute Gasteiger partial charge is 0.271 e. The number of hydrogen-bond acceptors (Lipinski definition) is 6. The second kappa shape index (κ2) is 7.35. The average Bonchev–Trinajstić information content (AvgIpc) is 3.26. The molecule has 1 aliphatic heterocycles. The second-order valence-electron chi connectivity index (χ2n) is 7.47. The molecule has 1 atom stereocenters. The Morgan fingerprint density at radius 3 is 2.86 bits per heavy atom. The van der Waals surface area contributed by atoms with Crippen molar-refractivity contribution in [2.75, 3.05) is 18.0 Å². The van der Waals surface area contributed by atoms with E-state index >= 15 is 0 Å². The Kier molecular flexibility index (Phi) is 4.56. The molecule has 1 aliphatic carbocycles. The number of carbonyl (C=O) groups is 1. The fraction of sp³-hybridized carbons (Fsp3) is 0.400. The molecule has 1 saturated heterocycles. The highest BCUT2D eigenvalue weighted by Crippen LogP contribution is 2.39. The number of piperidine rings is 1. The summed E-state index contributed by atoms with van der Waals surface area (Å²) in [6, 6.07) is 9.97. The monoisotopic (exact) mass is 394 g/mol. The van der Waals surface area contributed by atoms with E-state index in [9.17, 15) is 4.79 Å². The Hall–Kier alpha value is -2.74. The number of rotatable bonds is 5. The summed E-state index contributed by atoms with van der Waals surface area (Å²) in [6.07, 6.45) is 7.88. The van der Waals surface area contributed by atoms with Crippen molar-refractivity contribution >= 4 is 22.6 Å². The SMILES string of the molecule is O=C(NC1CCCN(c2nc(C3CC3)ns2)C1)c1cn(-c2ccccc2)cn1. The summed E-state index contributed by atoms with van der Waals surface area (Å²) in [6.45, 7) is 1.73. The number of amides is 1. The molecule has 7 nitrogen and oxygen atoms in total. The Morgan fingerprint density at radius 2 is 2.04 bits per heavy atom. The van der Waals surface area contributed by atoms with Gasteiger partial charge in [0.2, 0.25) is 5.13 Å². The third-order valence-electron chi connectivity index (χ3n) is 5.27. The first-order chi connectivity index (χ1) is 13.8. The van der Waals surface area contributed by atoms with Gasteiger partial charge in [0.25, 0.3) is 5.91 Å². The maximum absolute atomic E-state index is 12.7. The van der Waals surface area contributed by atoms with Crippen LogP contribution in [-0.2, 0) is 0 Å². The molecule has 1 saturated carbocycles. The van der Waals surface area contributed by atoms with Crippen LogP contribution in [0.5, 0.6) is 0 Å². The number of carbonyl (C=O) groups excluding carboxylic acids is 1. The van der Waals surface area contributed by atoms with Crippen molar-refractivity contribution in [1.29, 1.82) is 0 Å². The summed E-state index contributed by atoms with van der Waals surface area (Å²) in [5.41, 5.74) is 1.42. The van der Waals surface area contributed by atoms with Gasteiger partial charge in [-0.1, -0.05) is 18.2 Å². The van der Waals surface area contributed by atoms with Crippen LogP contribution in [-0.4, -0.2) is 43.9 Å². The highest BCUT2D eigenvalue weighted by molar-refractivity contribution is 7.09. The van der Waals surface area contributed by atoms with E-state index in [0.717, 1.165) is 42.6 Å². The Morgan fingerprint density at radius 1 is 1.18 bits per heavy atom. The van der Waals surface area contributed by atoms with Crippen molar-refractivity contribution in [3.63, 3.8) is 0 Å². The molecule has 2 aliphatic rings.